The summed E-state index contributed by atoms with van der Waals surface area (Å²) in [5, 5.41) is 0. The summed E-state index contributed by atoms with van der Waals surface area (Å²) in [7, 11) is 0. The molecular weight excluding hydrogens is 208 g/mol. The van der Waals surface area contributed by atoms with Crippen molar-refractivity contribution < 1.29 is 0 Å². The summed E-state index contributed by atoms with van der Waals surface area (Å²) in [4.78, 5) is 8.61. The predicted octanol–water partition coefficient (Wildman–Crippen LogP) is 3.73. The van der Waals surface area contributed by atoms with Crippen LogP contribution in [0, 0.1) is 5.92 Å². The van der Waals surface area contributed by atoms with E-state index >= 15 is 0 Å². The fourth-order valence-corrected chi connectivity index (χ4v) is 1.71. The lowest BCUT2D eigenvalue weighted by Gasteiger charge is -2.05. The van der Waals surface area contributed by atoms with E-state index in [1.165, 1.54) is 12.1 Å². The van der Waals surface area contributed by atoms with Gasteiger partial charge in [-0.2, -0.15) is 0 Å². The zero-order valence-corrected chi connectivity index (χ0v) is 10.4. The molecule has 0 spiro atoms. The maximum Gasteiger partial charge on any atom is 0.0404 e. The van der Waals surface area contributed by atoms with E-state index < -0.39 is 0 Å². The van der Waals surface area contributed by atoms with E-state index in [1.54, 1.807) is 6.20 Å². The van der Waals surface area contributed by atoms with Gasteiger partial charge >= 0.3 is 0 Å². The number of aryl methyl sites for hydroxylation is 1. The highest BCUT2D eigenvalue weighted by Crippen LogP contribution is 2.17. The van der Waals surface area contributed by atoms with Crippen LogP contribution in [0.5, 0.6) is 0 Å². The van der Waals surface area contributed by atoms with Crippen molar-refractivity contribution >= 4 is 0 Å². The van der Waals surface area contributed by atoms with Crippen LogP contribution in [-0.4, -0.2) is 9.97 Å². The molecule has 0 fully saturated rings. The smallest absolute Gasteiger partial charge is 0.0404 e. The highest BCUT2D eigenvalue weighted by molar-refractivity contribution is 5.60. The van der Waals surface area contributed by atoms with Crippen LogP contribution in [-0.2, 0) is 6.42 Å². The Morgan fingerprint density at radius 2 is 1.88 bits per heavy atom. The molecule has 2 heterocycles. The largest absolute Gasteiger partial charge is 0.264 e. The van der Waals surface area contributed by atoms with Gasteiger partial charge in [-0.3, -0.25) is 9.97 Å². The van der Waals surface area contributed by atoms with Gasteiger partial charge in [0.1, 0.15) is 0 Å². The van der Waals surface area contributed by atoms with Gasteiger partial charge in [-0.15, -0.1) is 0 Å². The van der Waals surface area contributed by atoms with Crippen LogP contribution >= 0.6 is 0 Å². The predicted molar refractivity (Wildman–Crippen MR) is 70.6 cm³/mol. The van der Waals surface area contributed by atoms with Crippen molar-refractivity contribution in [1.82, 2.24) is 9.97 Å². The van der Waals surface area contributed by atoms with E-state index in [0.717, 1.165) is 23.5 Å². The Hall–Kier alpha value is -1.70. The molecule has 0 aliphatic carbocycles. The monoisotopic (exact) mass is 226 g/mol. The average molecular weight is 226 g/mol. The van der Waals surface area contributed by atoms with Gasteiger partial charge in [0.05, 0.1) is 0 Å². The summed E-state index contributed by atoms with van der Waals surface area (Å²) in [6, 6.07) is 8.24. The minimum atomic E-state index is 0.731. The van der Waals surface area contributed by atoms with Gasteiger partial charge in [-0.05, 0) is 30.9 Å². The summed E-state index contributed by atoms with van der Waals surface area (Å²) in [6.45, 7) is 4.48. The molecule has 0 aliphatic heterocycles. The summed E-state index contributed by atoms with van der Waals surface area (Å²) < 4.78 is 0. The number of hydrogen-bond donors (Lipinski definition) is 0. The molecule has 17 heavy (non-hydrogen) atoms. The van der Waals surface area contributed by atoms with Gasteiger partial charge in [0.15, 0.2) is 0 Å². The third-order valence-corrected chi connectivity index (χ3v) is 2.80. The summed E-state index contributed by atoms with van der Waals surface area (Å²) in [6.07, 6.45) is 7.84. The van der Waals surface area contributed by atoms with Crippen molar-refractivity contribution in [2.75, 3.05) is 0 Å². The highest BCUT2D eigenvalue weighted by atomic mass is 14.7. The second kappa shape index (κ2) is 5.58. The molecule has 0 aliphatic rings. The van der Waals surface area contributed by atoms with Gasteiger partial charge in [0.25, 0.3) is 0 Å². The first kappa shape index (κ1) is 11.8. The van der Waals surface area contributed by atoms with Crippen LogP contribution in [0.4, 0.5) is 0 Å². The van der Waals surface area contributed by atoms with Crippen LogP contribution in [0.3, 0.4) is 0 Å². The highest BCUT2D eigenvalue weighted by Gasteiger charge is 2.00. The number of rotatable bonds is 4. The van der Waals surface area contributed by atoms with Crippen molar-refractivity contribution in [3.8, 4) is 11.1 Å². The normalized spacial score (nSPS) is 10.8. The number of pyridine rings is 2. The van der Waals surface area contributed by atoms with Gasteiger partial charge in [0, 0.05) is 35.4 Å². The quantitative estimate of drug-likeness (QED) is 0.793. The van der Waals surface area contributed by atoms with Crippen LogP contribution in [0.1, 0.15) is 26.0 Å². The molecule has 0 N–H and O–H groups in total. The standard InChI is InChI=1S/C15H18N2/c1-12(2)5-7-15-8-6-14(11-17-15)13-4-3-9-16-10-13/h3-4,6,8-12H,5,7H2,1-2H3. The molecule has 2 aromatic heterocycles. The first-order valence-corrected chi connectivity index (χ1v) is 6.11. The van der Waals surface area contributed by atoms with Crippen molar-refractivity contribution in [3.63, 3.8) is 0 Å². The second-order valence-corrected chi connectivity index (χ2v) is 4.71. The maximum absolute atomic E-state index is 4.50. The SMILES string of the molecule is CC(C)CCc1ccc(-c2cccnc2)cn1. The van der Waals surface area contributed by atoms with Gasteiger partial charge in [-0.25, -0.2) is 0 Å². The Labute approximate surface area is 103 Å². The second-order valence-electron chi connectivity index (χ2n) is 4.71. The summed E-state index contributed by atoms with van der Waals surface area (Å²) in [5.41, 5.74) is 3.42. The Balaban J connectivity index is 2.08. The van der Waals surface area contributed by atoms with Crippen LogP contribution in [0.25, 0.3) is 11.1 Å². The molecule has 0 aromatic carbocycles. The fraction of sp³-hybridized carbons (Fsp3) is 0.333. The van der Waals surface area contributed by atoms with E-state index in [0.29, 0.717) is 0 Å². The molecule has 0 atom stereocenters. The van der Waals surface area contributed by atoms with Gasteiger partial charge in [-0.1, -0.05) is 26.0 Å². The number of hydrogen-bond acceptors (Lipinski definition) is 2. The molecular formula is C15H18N2. The fourth-order valence-electron chi connectivity index (χ4n) is 1.71. The molecule has 0 radical (unpaired) electrons. The topological polar surface area (TPSA) is 25.8 Å². The molecule has 0 bridgehead atoms. The van der Waals surface area contributed by atoms with Gasteiger partial charge < -0.3 is 0 Å². The minimum absolute atomic E-state index is 0.731. The number of nitrogens with zero attached hydrogens (tertiary/aromatic N) is 2. The zero-order chi connectivity index (χ0) is 12.1. The van der Waals surface area contributed by atoms with Crippen LogP contribution in [0.2, 0.25) is 0 Å². The van der Waals surface area contributed by atoms with E-state index in [4.69, 9.17) is 0 Å². The molecule has 0 unspecified atom stereocenters. The molecule has 2 heteroatoms. The van der Waals surface area contributed by atoms with Crippen LogP contribution < -0.4 is 0 Å². The van der Waals surface area contributed by atoms with Crippen molar-refractivity contribution in [3.05, 3.63) is 48.5 Å². The Bertz CT molecular complexity index is 446. The lowest BCUT2D eigenvalue weighted by atomic mass is 10.0. The Morgan fingerprint density at radius 1 is 1.06 bits per heavy atom. The third kappa shape index (κ3) is 3.38. The van der Waals surface area contributed by atoms with Crippen LogP contribution in [0.15, 0.2) is 42.9 Å². The summed E-state index contributed by atoms with van der Waals surface area (Å²) in [5.74, 6) is 0.731. The molecule has 0 saturated carbocycles. The average Bonchev–Trinajstić information content (AvgIpc) is 2.38. The molecule has 88 valence electrons. The van der Waals surface area contributed by atoms with E-state index in [-0.39, 0.29) is 0 Å². The van der Waals surface area contributed by atoms with Crippen molar-refractivity contribution in [2.45, 2.75) is 26.7 Å². The zero-order valence-electron chi connectivity index (χ0n) is 10.4. The van der Waals surface area contributed by atoms with Gasteiger partial charge in [0.2, 0.25) is 0 Å². The van der Waals surface area contributed by atoms with Crippen molar-refractivity contribution in [1.29, 1.82) is 0 Å². The van der Waals surface area contributed by atoms with E-state index in [9.17, 15) is 0 Å². The lowest BCUT2D eigenvalue weighted by Crippen LogP contribution is -1.94. The summed E-state index contributed by atoms with van der Waals surface area (Å²) >= 11 is 0. The molecule has 2 rings (SSSR count). The first-order valence-electron chi connectivity index (χ1n) is 6.11. The maximum atomic E-state index is 4.50. The van der Waals surface area contributed by atoms with Crippen molar-refractivity contribution in [2.24, 2.45) is 5.92 Å². The molecule has 0 amide bonds. The Kier molecular flexibility index (Phi) is 3.86. The molecule has 2 aromatic rings. The number of aromatic nitrogens is 2. The first-order chi connectivity index (χ1) is 8.25. The van der Waals surface area contributed by atoms with E-state index in [1.807, 2.05) is 18.5 Å². The molecule has 0 saturated heterocycles. The lowest BCUT2D eigenvalue weighted by molar-refractivity contribution is 0.581. The Morgan fingerprint density at radius 3 is 2.47 bits per heavy atom. The van der Waals surface area contributed by atoms with E-state index in [2.05, 4.69) is 42.0 Å². The minimum Gasteiger partial charge on any atom is -0.264 e. The third-order valence-electron chi connectivity index (χ3n) is 2.80. The molecule has 2 nitrogen and oxygen atoms in total.